The fraction of sp³-hybridized carbons (Fsp3) is 0.375. The SMILES string of the molecule is C=C.C=C1NC2CN[C@@H](C)CN2c2cccc(C(F)(F)F)c21. The maximum Gasteiger partial charge on any atom is 0.417 e. The van der Waals surface area contributed by atoms with E-state index in [-0.39, 0.29) is 17.8 Å². The first-order valence-electron chi connectivity index (χ1n) is 7.04. The Morgan fingerprint density at radius 3 is 2.59 bits per heavy atom. The van der Waals surface area contributed by atoms with Crippen LogP contribution in [0.15, 0.2) is 37.9 Å². The number of alkyl halides is 3. The van der Waals surface area contributed by atoms with E-state index in [2.05, 4.69) is 30.4 Å². The number of piperazine rings is 1. The summed E-state index contributed by atoms with van der Waals surface area (Å²) >= 11 is 0. The zero-order valence-corrected chi connectivity index (χ0v) is 12.5. The molecule has 3 nitrogen and oxygen atoms in total. The van der Waals surface area contributed by atoms with Crippen LogP contribution in [0.25, 0.3) is 5.70 Å². The quantitative estimate of drug-likeness (QED) is 0.721. The van der Waals surface area contributed by atoms with Crippen LogP contribution in [0.3, 0.4) is 0 Å². The minimum atomic E-state index is -4.37. The highest BCUT2D eigenvalue weighted by Crippen LogP contribution is 2.41. The number of nitrogens with one attached hydrogen (secondary N) is 2. The van der Waals surface area contributed by atoms with Gasteiger partial charge in [-0.1, -0.05) is 12.6 Å². The van der Waals surface area contributed by atoms with Gasteiger partial charge in [0.1, 0.15) is 6.17 Å². The standard InChI is InChI=1S/C14H16F3N3.C2H4/c1-8-7-20-11-5-3-4-10(14(15,16)17)13(11)9(2)19-12(20)6-18-8;1-2/h3-5,8,12,18-19H,2,6-7H2,1H3;1-2H2/t8-,12?;/m0./s1. The highest BCUT2D eigenvalue weighted by atomic mass is 19.4. The van der Waals surface area contributed by atoms with Gasteiger partial charge in [0.2, 0.25) is 0 Å². The predicted molar refractivity (Wildman–Crippen MR) is 83.5 cm³/mol. The van der Waals surface area contributed by atoms with Crippen LogP contribution in [0.4, 0.5) is 18.9 Å². The van der Waals surface area contributed by atoms with Crippen molar-refractivity contribution < 1.29 is 13.2 Å². The lowest BCUT2D eigenvalue weighted by atomic mass is 9.97. The lowest BCUT2D eigenvalue weighted by Gasteiger charge is -2.46. The molecule has 2 heterocycles. The largest absolute Gasteiger partial charge is 0.417 e. The molecule has 0 aromatic heterocycles. The monoisotopic (exact) mass is 311 g/mol. The summed E-state index contributed by atoms with van der Waals surface area (Å²) < 4.78 is 39.5. The molecule has 1 aromatic carbocycles. The van der Waals surface area contributed by atoms with Gasteiger partial charge in [-0.2, -0.15) is 13.2 Å². The van der Waals surface area contributed by atoms with Crippen LogP contribution in [-0.4, -0.2) is 25.3 Å². The molecule has 2 aliphatic rings. The van der Waals surface area contributed by atoms with E-state index in [1.54, 1.807) is 6.07 Å². The van der Waals surface area contributed by atoms with Gasteiger partial charge < -0.3 is 15.5 Å². The van der Waals surface area contributed by atoms with Gasteiger partial charge in [-0.15, -0.1) is 13.2 Å². The van der Waals surface area contributed by atoms with Crippen molar-refractivity contribution in [2.45, 2.75) is 25.3 Å². The Kier molecular flexibility index (Phi) is 4.51. The van der Waals surface area contributed by atoms with Crippen molar-refractivity contribution in [3.63, 3.8) is 0 Å². The normalized spacial score (nSPS) is 23.6. The van der Waals surface area contributed by atoms with Gasteiger partial charge in [0.25, 0.3) is 0 Å². The van der Waals surface area contributed by atoms with E-state index < -0.39 is 11.7 Å². The van der Waals surface area contributed by atoms with Gasteiger partial charge in [-0.25, -0.2) is 0 Å². The summed E-state index contributed by atoms with van der Waals surface area (Å²) in [6.07, 6.45) is -4.42. The smallest absolute Gasteiger partial charge is 0.364 e. The van der Waals surface area contributed by atoms with E-state index in [4.69, 9.17) is 0 Å². The second-order valence-electron chi connectivity index (χ2n) is 5.30. The Balaban J connectivity index is 0.000000847. The lowest BCUT2D eigenvalue weighted by Crippen LogP contribution is -2.62. The number of hydrogen-bond acceptors (Lipinski definition) is 3. The van der Waals surface area contributed by atoms with Crippen molar-refractivity contribution in [3.8, 4) is 0 Å². The molecule has 6 heteroatoms. The molecule has 1 unspecified atom stereocenters. The van der Waals surface area contributed by atoms with E-state index in [1.807, 2.05) is 11.8 Å². The maximum atomic E-state index is 13.2. The molecular formula is C16H20F3N3. The van der Waals surface area contributed by atoms with Crippen molar-refractivity contribution >= 4 is 11.4 Å². The van der Waals surface area contributed by atoms with Crippen LogP contribution in [0.1, 0.15) is 18.1 Å². The Hall–Kier alpha value is -1.95. The second-order valence-corrected chi connectivity index (χ2v) is 5.30. The van der Waals surface area contributed by atoms with Gasteiger partial charge in [0, 0.05) is 36.1 Å². The summed E-state index contributed by atoms with van der Waals surface area (Å²) in [6, 6.07) is 4.55. The molecule has 0 bridgehead atoms. The predicted octanol–water partition coefficient (Wildman–Crippen LogP) is 3.21. The average molecular weight is 311 g/mol. The summed E-state index contributed by atoms with van der Waals surface area (Å²) in [7, 11) is 0. The molecule has 2 aliphatic heterocycles. The summed E-state index contributed by atoms with van der Waals surface area (Å²) in [5.74, 6) is 0. The zero-order valence-electron chi connectivity index (χ0n) is 12.5. The summed E-state index contributed by atoms with van der Waals surface area (Å²) in [6.45, 7) is 13.1. The third-order valence-corrected chi connectivity index (χ3v) is 3.81. The number of benzene rings is 1. The van der Waals surface area contributed by atoms with Crippen molar-refractivity contribution in [1.29, 1.82) is 0 Å². The molecule has 120 valence electrons. The van der Waals surface area contributed by atoms with Gasteiger partial charge in [0.15, 0.2) is 0 Å². The third-order valence-electron chi connectivity index (χ3n) is 3.81. The first-order valence-corrected chi connectivity index (χ1v) is 7.04. The van der Waals surface area contributed by atoms with Crippen LogP contribution in [0.2, 0.25) is 0 Å². The number of fused-ring (bicyclic) bond motifs is 3. The number of halogens is 3. The van der Waals surface area contributed by atoms with Crippen LogP contribution in [0, 0.1) is 0 Å². The molecule has 3 rings (SSSR count). The van der Waals surface area contributed by atoms with E-state index in [0.29, 0.717) is 24.5 Å². The molecule has 1 saturated heterocycles. The van der Waals surface area contributed by atoms with E-state index in [9.17, 15) is 13.2 Å². The van der Waals surface area contributed by atoms with E-state index >= 15 is 0 Å². The fourth-order valence-electron chi connectivity index (χ4n) is 2.91. The topological polar surface area (TPSA) is 27.3 Å². The molecular weight excluding hydrogens is 291 g/mol. The highest BCUT2D eigenvalue weighted by molar-refractivity contribution is 5.81. The number of nitrogens with zero attached hydrogens (tertiary/aromatic N) is 1. The zero-order chi connectivity index (χ0) is 16.5. The molecule has 0 amide bonds. The number of rotatable bonds is 0. The Morgan fingerprint density at radius 1 is 1.27 bits per heavy atom. The van der Waals surface area contributed by atoms with Crippen molar-refractivity contribution in [2.75, 3.05) is 18.0 Å². The van der Waals surface area contributed by atoms with Crippen LogP contribution < -0.4 is 15.5 Å². The minimum Gasteiger partial charge on any atom is -0.364 e. The molecule has 22 heavy (non-hydrogen) atoms. The van der Waals surface area contributed by atoms with E-state index in [1.165, 1.54) is 6.07 Å². The maximum absolute atomic E-state index is 13.2. The first-order chi connectivity index (χ1) is 10.4. The van der Waals surface area contributed by atoms with Crippen LogP contribution in [-0.2, 0) is 6.18 Å². The Bertz CT molecular complexity index is 568. The van der Waals surface area contributed by atoms with Gasteiger partial charge in [-0.3, -0.25) is 0 Å². The summed E-state index contributed by atoms with van der Waals surface area (Å²) in [5.41, 5.74) is 0.495. The highest BCUT2D eigenvalue weighted by Gasteiger charge is 2.39. The minimum absolute atomic E-state index is 0.0466. The van der Waals surface area contributed by atoms with Crippen LogP contribution >= 0.6 is 0 Å². The fourth-order valence-corrected chi connectivity index (χ4v) is 2.91. The molecule has 1 aromatic rings. The van der Waals surface area contributed by atoms with Gasteiger partial charge in [0.05, 0.1) is 5.56 Å². The number of anilines is 1. The van der Waals surface area contributed by atoms with E-state index in [0.717, 1.165) is 6.07 Å². The lowest BCUT2D eigenvalue weighted by molar-refractivity contribution is -0.137. The third kappa shape index (κ3) is 2.83. The summed E-state index contributed by atoms with van der Waals surface area (Å²) in [4.78, 5) is 1.99. The van der Waals surface area contributed by atoms with Crippen molar-refractivity contribution in [2.24, 2.45) is 0 Å². The molecule has 0 aliphatic carbocycles. The molecule has 0 spiro atoms. The Labute approximate surface area is 128 Å². The molecule has 0 saturated carbocycles. The Morgan fingerprint density at radius 2 is 1.95 bits per heavy atom. The van der Waals surface area contributed by atoms with Gasteiger partial charge >= 0.3 is 6.18 Å². The van der Waals surface area contributed by atoms with Gasteiger partial charge in [-0.05, 0) is 19.1 Å². The molecule has 2 atom stereocenters. The molecule has 2 N–H and O–H groups in total. The second kappa shape index (κ2) is 6.04. The van der Waals surface area contributed by atoms with Crippen molar-refractivity contribution in [1.82, 2.24) is 10.6 Å². The molecule has 1 fully saturated rings. The van der Waals surface area contributed by atoms with Crippen molar-refractivity contribution in [3.05, 3.63) is 49.1 Å². The first kappa shape index (κ1) is 16.4. The van der Waals surface area contributed by atoms with Crippen LogP contribution in [0.5, 0.6) is 0 Å². The summed E-state index contributed by atoms with van der Waals surface area (Å²) in [5, 5.41) is 6.39. The average Bonchev–Trinajstić information content (AvgIpc) is 2.49. The molecule has 0 radical (unpaired) electrons. The number of hydrogen-bond donors (Lipinski definition) is 2.